The lowest BCUT2D eigenvalue weighted by atomic mass is 10.1. The van der Waals surface area contributed by atoms with E-state index >= 15 is 0 Å². The van der Waals surface area contributed by atoms with Crippen LogP contribution in [0.4, 0.5) is 11.5 Å². The molecule has 0 aliphatic rings. The summed E-state index contributed by atoms with van der Waals surface area (Å²) in [7, 11) is 1.59. The topological polar surface area (TPSA) is 141 Å². The van der Waals surface area contributed by atoms with Crippen LogP contribution in [0.15, 0.2) is 60.8 Å². The number of benzene rings is 2. The maximum absolute atomic E-state index is 12.9. The van der Waals surface area contributed by atoms with Crippen LogP contribution in [0.5, 0.6) is 5.75 Å². The number of carboxylic acid groups (broad SMARTS) is 1. The van der Waals surface area contributed by atoms with Crippen molar-refractivity contribution >= 4 is 35.5 Å². The maximum Gasteiger partial charge on any atom is 0.337 e. The van der Waals surface area contributed by atoms with Crippen molar-refractivity contribution in [2.24, 2.45) is 0 Å². The summed E-state index contributed by atoms with van der Waals surface area (Å²) in [6.07, 6.45) is 5.04. The van der Waals surface area contributed by atoms with E-state index in [9.17, 15) is 19.7 Å². The maximum atomic E-state index is 12.9. The molecule has 3 aromatic rings. The number of ether oxygens (including phenoxy) is 2. The number of anilines is 1. The highest BCUT2D eigenvalue weighted by atomic mass is 16.6. The van der Waals surface area contributed by atoms with Crippen LogP contribution in [0.2, 0.25) is 0 Å². The second-order valence-electron chi connectivity index (χ2n) is 7.33. The van der Waals surface area contributed by atoms with Gasteiger partial charge in [-0.1, -0.05) is 18.2 Å². The lowest BCUT2D eigenvalue weighted by Crippen LogP contribution is -2.14. The first-order chi connectivity index (χ1) is 16.9. The molecule has 0 fully saturated rings. The fourth-order valence-electron chi connectivity index (χ4n) is 3.09. The normalized spacial score (nSPS) is 10.8. The van der Waals surface area contributed by atoms with Crippen LogP contribution >= 0.6 is 0 Å². The minimum absolute atomic E-state index is 0.00289. The minimum Gasteiger partial charge on any atom is -0.493 e. The van der Waals surface area contributed by atoms with Crippen LogP contribution in [-0.4, -0.2) is 47.2 Å². The number of para-hydroxylation sites is 1. The number of hydrogen-bond acceptors (Lipinski definition) is 7. The molecule has 0 saturated heterocycles. The first-order valence-electron chi connectivity index (χ1n) is 10.6. The predicted molar refractivity (Wildman–Crippen MR) is 130 cm³/mol. The predicted octanol–water partition coefficient (Wildman–Crippen LogP) is 4.53. The van der Waals surface area contributed by atoms with E-state index in [1.54, 1.807) is 55.7 Å². The zero-order valence-electron chi connectivity index (χ0n) is 18.8. The molecule has 0 saturated carbocycles. The molecule has 0 aliphatic carbocycles. The van der Waals surface area contributed by atoms with Crippen LogP contribution < -0.4 is 10.1 Å². The smallest absolute Gasteiger partial charge is 0.337 e. The van der Waals surface area contributed by atoms with E-state index in [-0.39, 0.29) is 22.6 Å². The zero-order valence-corrected chi connectivity index (χ0v) is 18.8. The second-order valence-corrected chi connectivity index (χ2v) is 7.33. The molecule has 0 unspecified atom stereocenters. The van der Waals surface area contributed by atoms with Crippen molar-refractivity contribution in [3.8, 4) is 5.75 Å². The SMILES string of the molecule is COCCCOc1cc(/C=C/c2ccccc2[N+](=O)[O-])cc(C(=O)Nc2ccc(C(=O)O)cn2)c1. The van der Waals surface area contributed by atoms with Gasteiger partial charge in [-0.25, -0.2) is 9.78 Å². The van der Waals surface area contributed by atoms with Gasteiger partial charge in [0.1, 0.15) is 11.6 Å². The average molecular weight is 477 g/mol. The highest BCUT2D eigenvalue weighted by Gasteiger charge is 2.13. The lowest BCUT2D eigenvalue weighted by Gasteiger charge is -2.10. The van der Waals surface area contributed by atoms with Crippen molar-refractivity contribution in [2.45, 2.75) is 6.42 Å². The van der Waals surface area contributed by atoms with Crippen molar-refractivity contribution in [3.05, 3.63) is 93.2 Å². The first kappa shape index (κ1) is 25.1. The third-order valence-electron chi connectivity index (χ3n) is 4.79. The van der Waals surface area contributed by atoms with Crippen LogP contribution in [0.1, 0.15) is 38.3 Å². The van der Waals surface area contributed by atoms with Gasteiger partial charge in [0.05, 0.1) is 22.7 Å². The van der Waals surface area contributed by atoms with E-state index in [4.69, 9.17) is 14.6 Å². The van der Waals surface area contributed by atoms with Crippen molar-refractivity contribution in [1.29, 1.82) is 0 Å². The molecule has 0 radical (unpaired) electrons. The van der Waals surface area contributed by atoms with Gasteiger partial charge in [0.15, 0.2) is 0 Å². The number of pyridine rings is 1. The Morgan fingerprint density at radius 3 is 2.57 bits per heavy atom. The molecule has 2 N–H and O–H groups in total. The van der Waals surface area contributed by atoms with Gasteiger partial charge in [-0.15, -0.1) is 0 Å². The molecule has 0 aliphatic heterocycles. The number of hydrogen-bond donors (Lipinski definition) is 2. The fourth-order valence-corrected chi connectivity index (χ4v) is 3.09. The van der Waals surface area contributed by atoms with Gasteiger partial charge in [-0.2, -0.15) is 0 Å². The van der Waals surface area contributed by atoms with Gasteiger partial charge in [-0.05, 0) is 48.0 Å². The van der Waals surface area contributed by atoms with Crippen molar-refractivity contribution in [1.82, 2.24) is 4.98 Å². The first-order valence-corrected chi connectivity index (χ1v) is 10.6. The van der Waals surface area contributed by atoms with Crippen molar-refractivity contribution < 1.29 is 29.1 Å². The van der Waals surface area contributed by atoms with E-state index in [1.165, 1.54) is 18.2 Å². The quantitative estimate of drug-likeness (QED) is 0.178. The number of nitro groups is 1. The van der Waals surface area contributed by atoms with Crippen molar-refractivity contribution in [2.75, 3.05) is 25.6 Å². The number of aromatic carboxylic acids is 1. The molecule has 35 heavy (non-hydrogen) atoms. The van der Waals surface area contributed by atoms with Gasteiger partial charge in [-0.3, -0.25) is 14.9 Å². The Morgan fingerprint density at radius 1 is 1.09 bits per heavy atom. The highest BCUT2D eigenvalue weighted by Crippen LogP contribution is 2.23. The van der Waals surface area contributed by atoms with Crippen LogP contribution in [0.3, 0.4) is 0 Å². The van der Waals surface area contributed by atoms with Gasteiger partial charge in [0, 0.05) is 38.0 Å². The Balaban J connectivity index is 1.87. The number of methoxy groups -OCH3 is 1. The standard InChI is InChI=1S/C25H23N3O7/c1-34-11-4-12-35-21-14-17(7-8-18-5-2-3-6-22(18)28(32)33)13-20(15-21)24(29)27-23-10-9-19(16-26-23)25(30)31/h2-3,5-10,13-16H,4,11-12H2,1H3,(H,30,31)(H,26,27,29)/b8-7+. The van der Waals surface area contributed by atoms with E-state index < -0.39 is 16.8 Å². The number of nitrogens with one attached hydrogen (secondary N) is 1. The Morgan fingerprint density at radius 2 is 1.89 bits per heavy atom. The Bertz CT molecular complexity index is 1240. The summed E-state index contributed by atoms with van der Waals surface area (Å²) < 4.78 is 10.8. The van der Waals surface area contributed by atoms with E-state index in [1.807, 2.05) is 0 Å². The van der Waals surface area contributed by atoms with Crippen LogP contribution in [-0.2, 0) is 4.74 Å². The summed E-state index contributed by atoms with van der Waals surface area (Å²) in [5, 5.41) is 22.9. The summed E-state index contributed by atoms with van der Waals surface area (Å²) in [6.45, 7) is 0.882. The minimum atomic E-state index is -1.12. The molecular formula is C25H23N3O7. The molecule has 0 atom stereocenters. The summed E-state index contributed by atoms with van der Waals surface area (Å²) in [5.41, 5.74) is 1.23. The molecule has 10 nitrogen and oxygen atoms in total. The van der Waals surface area contributed by atoms with E-state index in [2.05, 4.69) is 10.3 Å². The number of amides is 1. The van der Waals surface area contributed by atoms with Gasteiger partial charge in [0.2, 0.25) is 0 Å². The monoisotopic (exact) mass is 477 g/mol. The summed E-state index contributed by atoms with van der Waals surface area (Å²) >= 11 is 0. The molecule has 180 valence electrons. The fraction of sp³-hybridized carbons (Fsp3) is 0.160. The van der Waals surface area contributed by atoms with E-state index in [0.29, 0.717) is 36.5 Å². The van der Waals surface area contributed by atoms with Crippen LogP contribution in [0.25, 0.3) is 12.2 Å². The second kappa shape index (κ2) is 12.1. The average Bonchev–Trinajstić information content (AvgIpc) is 2.85. The molecule has 10 heteroatoms. The number of carbonyl (C=O) groups excluding carboxylic acids is 1. The summed E-state index contributed by atoms with van der Waals surface area (Å²) in [4.78, 5) is 38.6. The lowest BCUT2D eigenvalue weighted by molar-refractivity contribution is -0.385. The number of rotatable bonds is 11. The molecular weight excluding hydrogens is 454 g/mol. The number of carbonyl (C=O) groups is 2. The van der Waals surface area contributed by atoms with Gasteiger partial charge in [0.25, 0.3) is 11.6 Å². The molecule has 1 heterocycles. The zero-order chi connectivity index (χ0) is 25.2. The van der Waals surface area contributed by atoms with Gasteiger partial charge < -0.3 is 19.9 Å². The Hall–Kier alpha value is -4.57. The Kier molecular flexibility index (Phi) is 8.63. The molecule has 2 aromatic carbocycles. The molecule has 0 bridgehead atoms. The van der Waals surface area contributed by atoms with Crippen molar-refractivity contribution in [3.63, 3.8) is 0 Å². The third-order valence-corrected chi connectivity index (χ3v) is 4.79. The third kappa shape index (κ3) is 7.21. The largest absolute Gasteiger partial charge is 0.493 e. The highest BCUT2D eigenvalue weighted by molar-refractivity contribution is 6.04. The van der Waals surface area contributed by atoms with Crippen LogP contribution in [0, 0.1) is 10.1 Å². The molecule has 3 rings (SSSR count). The number of nitro benzene ring substituents is 1. The molecule has 1 amide bonds. The molecule has 1 aromatic heterocycles. The Labute approximate surface area is 201 Å². The summed E-state index contributed by atoms with van der Waals surface area (Å²) in [6, 6.07) is 13.9. The van der Waals surface area contributed by atoms with Gasteiger partial charge >= 0.3 is 5.97 Å². The summed E-state index contributed by atoms with van der Waals surface area (Å²) in [5.74, 6) is -0.986. The molecule has 0 spiro atoms. The number of nitrogens with zero attached hydrogens (tertiary/aromatic N) is 2. The van der Waals surface area contributed by atoms with E-state index in [0.717, 1.165) is 6.20 Å². The number of aromatic nitrogens is 1. The number of carboxylic acids is 1.